The molecular weight excluding hydrogens is 314 g/mol. The van der Waals surface area contributed by atoms with Crippen LogP contribution in [0, 0.1) is 0 Å². The summed E-state index contributed by atoms with van der Waals surface area (Å²) in [5.74, 6) is -0.0105. The van der Waals surface area contributed by atoms with Gasteiger partial charge in [0, 0.05) is 23.3 Å². The number of benzene rings is 1. The number of ether oxygens (including phenoxy) is 1. The minimum atomic E-state index is -3.90. The van der Waals surface area contributed by atoms with E-state index in [-0.39, 0.29) is 21.9 Å². The summed E-state index contributed by atoms with van der Waals surface area (Å²) in [6.07, 6.45) is 0.755. The fourth-order valence-electron chi connectivity index (χ4n) is 1.70. The summed E-state index contributed by atoms with van der Waals surface area (Å²) in [6.45, 7) is 5.83. The maximum Gasteiger partial charge on any atom is 0.261 e. The minimum absolute atomic E-state index is 0.129. The average Bonchev–Trinajstić information content (AvgIpc) is 2.43. The third-order valence-electron chi connectivity index (χ3n) is 3.76. The lowest BCUT2D eigenvalue weighted by Crippen LogP contribution is -2.44. The van der Waals surface area contributed by atoms with Crippen LogP contribution in [-0.2, 0) is 9.05 Å². The maximum atomic E-state index is 12.6. The molecule has 1 rings (SSSR count). The second kappa shape index (κ2) is 6.23. The Morgan fingerprint density at radius 3 is 2.38 bits per heavy atom. The first-order chi connectivity index (χ1) is 9.54. The van der Waals surface area contributed by atoms with Crippen LogP contribution in [0.1, 0.15) is 37.6 Å². The summed E-state index contributed by atoms with van der Waals surface area (Å²) in [5.41, 5.74) is -0.193. The van der Waals surface area contributed by atoms with E-state index >= 15 is 0 Å². The molecule has 5 nitrogen and oxygen atoms in total. The van der Waals surface area contributed by atoms with E-state index in [1.807, 2.05) is 20.8 Å². The van der Waals surface area contributed by atoms with Gasteiger partial charge in [0.05, 0.1) is 17.6 Å². The van der Waals surface area contributed by atoms with Gasteiger partial charge in [-0.05, 0) is 38.5 Å². The largest absolute Gasteiger partial charge is 0.496 e. The molecule has 0 bridgehead atoms. The van der Waals surface area contributed by atoms with Crippen LogP contribution in [0.25, 0.3) is 0 Å². The Labute approximate surface area is 130 Å². The van der Waals surface area contributed by atoms with Crippen LogP contribution in [0.15, 0.2) is 23.1 Å². The fourth-order valence-corrected chi connectivity index (χ4v) is 2.48. The summed E-state index contributed by atoms with van der Waals surface area (Å²) >= 11 is 0. The Morgan fingerprint density at radius 2 is 1.95 bits per heavy atom. The first-order valence-electron chi connectivity index (χ1n) is 6.45. The topological polar surface area (TPSA) is 63.7 Å². The van der Waals surface area contributed by atoms with Crippen molar-refractivity contribution in [2.45, 2.75) is 37.6 Å². The van der Waals surface area contributed by atoms with Gasteiger partial charge in [0.2, 0.25) is 0 Å². The molecule has 1 amide bonds. The van der Waals surface area contributed by atoms with Gasteiger partial charge in [-0.1, -0.05) is 6.92 Å². The van der Waals surface area contributed by atoms with Crippen LogP contribution < -0.4 is 4.74 Å². The molecule has 0 unspecified atom stereocenters. The lowest BCUT2D eigenvalue weighted by atomic mass is 9.98. The first kappa shape index (κ1) is 17.8. The van der Waals surface area contributed by atoms with Gasteiger partial charge in [0.1, 0.15) is 5.75 Å². The van der Waals surface area contributed by atoms with Crippen LogP contribution in [0.3, 0.4) is 0 Å². The van der Waals surface area contributed by atoms with Gasteiger partial charge < -0.3 is 9.64 Å². The molecule has 0 aliphatic carbocycles. The van der Waals surface area contributed by atoms with Crippen LogP contribution >= 0.6 is 10.7 Å². The van der Waals surface area contributed by atoms with Gasteiger partial charge in [0.25, 0.3) is 15.0 Å². The number of rotatable bonds is 5. The second-order valence-corrected chi connectivity index (χ2v) is 7.90. The summed E-state index contributed by atoms with van der Waals surface area (Å²) < 4.78 is 28.0. The van der Waals surface area contributed by atoms with E-state index in [2.05, 4.69) is 0 Å². The lowest BCUT2D eigenvalue weighted by molar-refractivity contribution is 0.0616. The number of amides is 1. The van der Waals surface area contributed by atoms with E-state index in [4.69, 9.17) is 15.4 Å². The SMILES string of the molecule is CCC(C)(C)N(C)C(=O)c1cc(S(=O)(=O)Cl)ccc1OC. The van der Waals surface area contributed by atoms with Gasteiger partial charge in [0.15, 0.2) is 0 Å². The molecule has 0 atom stereocenters. The molecule has 21 heavy (non-hydrogen) atoms. The van der Waals surface area contributed by atoms with E-state index in [0.29, 0.717) is 5.75 Å². The maximum absolute atomic E-state index is 12.6. The minimum Gasteiger partial charge on any atom is -0.496 e. The smallest absolute Gasteiger partial charge is 0.261 e. The molecule has 1 aromatic rings. The van der Waals surface area contributed by atoms with E-state index < -0.39 is 9.05 Å². The average molecular weight is 334 g/mol. The third kappa shape index (κ3) is 3.89. The standard InChI is InChI=1S/C14H20ClNO4S/c1-6-14(2,3)16(4)13(17)11-9-10(21(15,18)19)7-8-12(11)20-5/h7-9H,6H2,1-5H3. The molecule has 0 N–H and O–H groups in total. The predicted molar refractivity (Wildman–Crippen MR) is 82.5 cm³/mol. The number of nitrogens with zero attached hydrogens (tertiary/aromatic N) is 1. The van der Waals surface area contributed by atoms with Gasteiger partial charge in [-0.3, -0.25) is 4.79 Å². The zero-order valence-electron chi connectivity index (χ0n) is 12.8. The van der Waals surface area contributed by atoms with Gasteiger partial charge >= 0.3 is 0 Å². The van der Waals surface area contributed by atoms with Crippen LogP contribution in [0.4, 0.5) is 0 Å². The van der Waals surface area contributed by atoms with Crippen molar-refractivity contribution >= 4 is 25.6 Å². The normalized spacial score (nSPS) is 12.1. The number of methoxy groups -OCH3 is 1. The van der Waals surface area contributed by atoms with Crippen molar-refractivity contribution < 1.29 is 17.9 Å². The second-order valence-electron chi connectivity index (χ2n) is 5.33. The van der Waals surface area contributed by atoms with Crippen molar-refractivity contribution in [1.29, 1.82) is 0 Å². The number of carbonyl (C=O) groups excluding carboxylic acids is 1. The molecule has 1 aromatic carbocycles. The lowest BCUT2D eigenvalue weighted by Gasteiger charge is -2.35. The Bertz CT molecular complexity index is 640. The number of hydrogen-bond acceptors (Lipinski definition) is 4. The van der Waals surface area contributed by atoms with Crippen LogP contribution in [-0.4, -0.2) is 38.9 Å². The van der Waals surface area contributed by atoms with Crippen molar-refractivity contribution in [3.05, 3.63) is 23.8 Å². The molecule has 0 saturated heterocycles. The molecule has 7 heteroatoms. The molecule has 0 aliphatic heterocycles. The molecule has 0 radical (unpaired) electrons. The molecule has 0 heterocycles. The summed E-state index contributed by atoms with van der Waals surface area (Å²) in [6, 6.07) is 3.98. The van der Waals surface area contributed by atoms with Gasteiger partial charge in [-0.15, -0.1) is 0 Å². The molecule has 0 spiro atoms. The van der Waals surface area contributed by atoms with E-state index in [0.717, 1.165) is 6.42 Å². The molecule has 0 aromatic heterocycles. The quantitative estimate of drug-likeness (QED) is 0.777. The highest BCUT2D eigenvalue weighted by atomic mass is 35.7. The van der Waals surface area contributed by atoms with Crippen molar-refractivity contribution in [3.8, 4) is 5.75 Å². The zero-order valence-corrected chi connectivity index (χ0v) is 14.4. The highest BCUT2D eigenvalue weighted by Gasteiger charge is 2.29. The highest BCUT2D eigenvalue weighted by Crippen LogP contribution is 2.28. The van der Waals surface area contributed by atoms with E-state index in [1.54, 1.807) is 11.9 Å². The van der Waals surface area contributed by atoms with Crippen LogP contribution in [0.5, 0.6) is 5.75 Å². The summed E-state index contributed by atoms with van der Waals surface area (Å²) in [5, 5.41) is 0. The Kier molecular flexibility index (Phi) is 5.28. The van der Waals surface area contributed by atoms with Crippen molar-refractivity contribution in [3.63, 3.8) is 0 Å². The molecular formula is C14H20ClNO4S. The summed E-state index contributed by atoms with van der Waals surface area (Å²) in [7, 11) is 4.53. The Morgan fingerprint density at radius 1 is 1.38 bits per heavy atom. The monoisotopic (exact) mass is 333 g/mol. The van der Waals surface area contributed by atoms with E-state index in [1.165, 1.54) is 25.3 Å². The predicted octanol–water partition coefficient (Wildman–Crippen LogP) is 2.88. The van der Waals surface area contributed by atoms with Crippen LogP contribution in [0.2, 0.25) is 0 Å². The summed E-state index contributed by atoms with van der Waals surface area (Å²) in [4.78, 5) is 14.1. The molecule has 0 aliphatic rings. The Hall–Kier alpha value is -1.27. The Balaban J connectivity index is 3.37. The number of hydrogen-bond donors (Lipinski definition) is 0. The molecule has 118 valence electrons. The van der Waals surface area contributed by atoms with Gasteiger partial charge in [-0.2, -0.15) is 0 Å². The van der Waals surface area contributed by atoms with Crippen molar-refractivity contribution in [2.24, 2.45) is 0 Å². The van der Waals surface area contributed by atoms with E-state index in [9.17, 15) is 13.2 Å². The number of carbonyl (C=O) groups is 1. The third-order valence-corrected chi connectivity index (χ3v) is 5.11. The molecule has 0 fully saturated rings. The van der Waals surface area contributed by atoms with Gasteiger partial charge in [-0.25, -0.2) is 8.42 Å². The van der Waals surface area contributed by atoms with Crippen molar-refractivity contribution in [1.82, 2.24) is 4.90 Å². The first-order valence-corrected chi connectivity index (χ1v) is 8.76. The number of halogens is 1. The molecule has 0 saturated carbocycles. The fraction of sp³-hybridized carbons (Fsp3) is 0.500. The zero-order chi connectivity index (χ0) is 16.4. The van der Waals surface area contributed by atoms with Crippen molar-refractivity contribution in [2.75, 3.05) is 14.2 Å². The highest BCUT2D eigenvalue weighted by molar-refractivity contribution is 8.13.